The van der Waals surface area contributed by atoms with Gasteiger partial charge in [0.2, 0.25) is 0 Å². The van der Waals surface area contributed by atoms with Crippen molar-refractivity contribution in [1.82, 2.24) is 0 Å². The molecule has 17 heavy (non-hydrogen) atoms. The molecular weight excluding hydrogens is 217 g/mol. The average molecular weight is 237 g/mol. The van der Waals surface area contributed by atoms with Gasteiger partial charge >= 0.3 is 0 Å². The molecule has 0 bridgehead atoms. The van der Waals surface area contributed by atoms with E-state index in [-0.39, 0.29) is 17.2 Å². The summed E-state index contributed by atoms with van der Waals surface area (Å²) in [5, 5.41) is 7.27. The fourth-order valence-corrected chi connectivity index (χ4v) is 1.51. The van der Waals surface area contributed by atoms with Gasteiger partial charge in [-0.05, 0) is 38.5 Å². The monoisotopic (exact) mass is 237 g/mol. The van der Waals surface area contributed by atoms with Crippen molar-refractivity contribution in [3.63, 3.8) is 0 Å². The molecule has 94 valence electrons. The third-order valence-electron chi connectivity index (χ3n) is 3.39. The number of hydrogen-bond acceptors (Lipinski definition) is 2. The minimum atomic E-state index is -0.346. The first-order valence-corrected chi connectivity index (χ1v) is 5.67. The number of nitrogen functional groups attached to an aromatic ring is 1. The predicted octanol–water partition coefficient (Wildman–Crippen LogP) is 2.73. The minimum Gasteiger partial charge on any atom is -0.384 e. The summed E-state index contributed by atoms with van der Waals surface area (Å²) >= 11 is 0. The van der Waals surface area contributed by atoms with Crippen molar-refractivity contribution in [3.8, 4) is 0 Å². The lowest BCUT2D eigenvalue weighted by atomic mass is 9.99. The highest BCUT2D eigenvalue weighted by Crippen LogP contribution is 2.27. The first-order chi connectivity index (χ1) is 7.79. The first kappa shape index (κ1) is 13.5. The van der Waals surface area contributed by atoms with Gasteiger partial charge in [-0.15, -0.1) is 0 Å². The van der Waals surface area contributed by atoms with E-state index < -0.39 is 0 Å². The predicted molar refractivity (Wildman–Crippen MR) is 70.2 cm³/mol. The van der Waals surface area contributed by atoms with Gasteiger partial charge in [0.1, 0.15) is 11.7 Å². The summed E-state index contributed by atoms with van der Waals surface area (Å²) < 4.78 is 13.9. The van der Waals surface area contributed by atoms with Crippen molar-refractivity contribution in [2.75, 3.05) is 11.9 Å². The van der Waals surface area contributed by atoms with Gasteiger partial charge < -0.3 is 10.6 Å². The molecule has 0 radical (unpaired) electrons. The SMILES string of the molecule is CCC(C)(C)N(C)c1ccc(C(=N)N)cc1F. The minimum absolute atomic E-state index is 0.113. The van der Waals surface area contributed by atoms with E-state index in [1.165, 1.54) is 6.07 Å². The van der Waals surface area contributed by atoms with E-state index in [2.05, 4.69) is 20.8 Å². The van der Waals surface area contributed by atoms with Gasteiger partial charge in [-0.1, -0.05) is 6.92 Å². The quantitative estimate of drug-likeness (QED) is 0.625. The van der Waals surface area contributed by atoms with E-state index in [1.54, 1.807) is 12.1 Å². The lowest BCUT2D eigenvalue weighted by Gasteiger charge is -2.37. The molecule has 0 fully saturated rings. The number of amidine groups is 1. The standard InChI is InChI=1S/C13H20FN3/c1-5-13(2,3)17(4)11-7-6-9(12(15)16)8-10(11)14/h6-8H,5H2,1-4H3,(H3,15,16). The van der Waals surface area contributed by atoms with Crippen LogP contribution >= 0.6 is 0 Å². The van der Waals surface area contributed by atoms with Gasteiger partial charge in [0.05, 0.1) is 5.69 Å². The van der Waals surface area contributed by atoms with Gasteiger partial charge in [0, 0.05) is 18.2 Å². The van der Waals surface area contributed by atoms with Gasteiger partial charge in [-0.3, -0.25) is 5.41 Å². The molecule has 1 aromatic rings. The van der Waals surface area contributed by atoms with Crippen LogP contribution in [0.2, 0.25) is 0 Å². The van der Waals surface area contributed by atoms with Crippen molar-refractivity contribution in [2.24, 2.45) is 5.73 Å². The number of nitrogens with two attached hydrogens (primary N) is 1. The lowest BCUT2D eigenvalue weighted by molar-refractivity contribution is 0.462. The Morgan fingerprint density at radius 1 is 1.47 bits per heavy atom. The highest BCUT2D eigenvalue weighted by atomic mass is 19.1. The Kier molecular flexibility index (Phi) is 3.76. The maximum Gasteiger partial charge on any atom is 0.147 e. The van der Waals surface area contributed by atoms with E-state index in [4.69, 9.17) is 11.1 Å². The molecular formula is C13H20FN3. The maximum atomic E-state index is 13.9. The highest BCUT2D eigenvalue weighted by molar-refractivity contribution is 5.95. The van der Waals surface area contributed by atoms with Gasteiger partial charge in [-0.25, -0.2) is 4.39 Å². The van der Waals surface area contributed by atoms with Gasteiger partial charge in [-0.2, -0.15) is 0 Å². The molecule has 0 saturated carbocycles. The third kappa shape index (κ3) is 2.75. The Bertz CT molecular complexity index is 427. The van der Waals surface area contributed by atoms with Crippen LogP contribution in [-0.4, -0.2) is 18.4 Å². The smallest absolute Gasteiger partial charge is 0.147 e. The Morgan fingerprint density at radius 2 is 2.06 bits per heavy atom. The van der Waals surface area contributed by atoms with E-state index >= 15 is 0 Å². The van der Waals surface area contributed by atoms with Crippen LogP contribution in [-0.2, 0) is 0 Å². The summed E-state index contributed by atoms with van der Waals surface area (Å²) in [5.41, 5.74) is 6.15. The second-order valence-corrected chi connectivity index (χ2v) is 4.80. The number of halogens is 1. The molecule has 4 heteroatoms. The largest absolute Gasteiger partial charge is 0.384 e. The Balaban J connectivity index is 3.12. The normalized spacial score (nSPS) is 11.4. The Labute approximate surface area is 102 Å². The van der Waals surface area contributed by atoms with Crippen LogP contribution in [0.25, 0.3) is 0 Å². The number of rotatable bonds is 4. The van der Waals surface area contributed by atoms with Crippen LogP contribution in [0.4, 0.5) is 10.1 Å². The summed E-state index contributed by atoms with van der Waals surface area (Å²) in [4.78, 5) is 1.91. The van der Waals surface area contributed by atoms with Crippen molar-refractivity contribution in [2.45, 2.75) is 32.7 Å². The number of nitrogens with one attached hydrogen (secondary N) is 1. The van der Waals surface area contributed by atoms with Crippen LogP contribution < -0.4 is 10.6 Å². The molecule has 1 aromatic carbocycles. The second kappa shape index (κ2) is 4.73. The summed E-state index contributed by atoms with van der Waals surface area (Å²) in [7, 11) is 1.87. The molecule has 1 rings (SSSR count). The zero-order valence-corrected chi connectivity index (χ0v) is 10.8. The van der Waals surface area contributed by atoms with Gasteiger partial charge in [0.15, 0.2) is 0 Å². The Morgan fingerprint density at radius 3 is 2.47 bits per heavy atom. The molecule has 0 heterocycles. The molecule has 0 aromatic heterocycles. The highest BCUT2D eigenvalue weighted by Gasteiger charge is 2.23. The molecule has 0 atom stereocenters. The zero-order chi connectivity index (χ0) is 13.2. The van der Waals surface area contributed by atoms with E-state index in [9.17, 15) is 4.39 Å². The van der Waals surface area contributed by atoms with Gasteiger partial charge in [0.25, 0.3) is 0 Å². The lowest BCUT2D eigenvalue weighted by Crippen LogP contribution is -2.41. The van der Waals surface area contributed by atoms with E-state index in [1.807, 2.05) is 11.9 Å². The number of anilines is 1. The van der Waals surface area contributed by atoms with Crippen LogP contribution in [0.5, 0.6) is 0 Å². The topological polar surface area (TPSA) is 53.1 Å². The zero-order valence-electron chi connectivity index (χ0n) is 10.8. The number of hydrogen-bond donors (Lipinski definition) is 2. The molecule has 3 nitrogen and oxygen atoms in total. The van der Waals surface area contributed by atoms with Crippen LogP contribution in [0.1, 0.15) is 32.8 Å². The van der Waals surface area contributed by atoms with Crippen LogP contribution in [0, 0.1) is 11.2 Å². The van der Waals surface area contributed by atoms with Crippen molar-refractivity contribution >= 4 is 11.5 Å². The maximum absolute atomic E-state index is 13.9. The molecule has 0 spiro atoms. The number of benzene rings is 1. The van der Waals surface area contributed by atoms with Crippen molar-refractivity contribution < 1.29 is 4.39 Å². The summed E-state index contributed by atoms with van der Waals surface area (Å²) in [6.07, 6.45) is 0.914. The molecule has 0 aliphatic rings. The Hall–Kier alpha value is -1.58. The molecule has 0 aliphatic carbocycles. The number of nitrogens with zero attached hydrogens (tertiary/aromatic N) is 1. The van der Waals surface area contributed by atoms with E-state index in [0.717, 1.165) is 6.42 Å². The molecule has 0 amide bonds. The van der Waals surface area contributed by atoms with Crippen LogP contribution in [0.3, 0.4) is 0 Å². The fraction of sp³-hybridized carbons (Fsp3) is 0.462. The second-order valence-electron chi connectivity index (χ2n) is 4.80. The summed E-state index contributed by atoms with van der Waals surface area (Å²) in [6, 6.07) is 4.65. The fourth-order valence-electron chi connectivity index (χ4n) is 1.51. The summed E-state index contributed by atoms with van der Waals surface area (Å²) in [5.74, 6) is -0.463. The molecule has 0 unspecified atom stereocenters. The van der Waals surface area contributed by atoms with Crippen molar-refractivity contribution in [3.05, 3.63) is 29.6 Å². The first-order valence-electron chi connectivity index (χ1n) is 5.67. The molecule has 0 aliphatic heterocycles. The molecule has 3 N–H and O–H groups in total. The average Bonchev–Trinajstić information content (AvgIpc) is 2.27. The van der Waals surface area contributed by atoms with Crippen molar-refractivity contribution in [1.29, 1.82) is 5.41 Å². The third-order valence-corrected chi connectivity index (χ3v) is 3.39. The molecule has 0 saturated heterocycles. The van der Waals surface area contributed by atoms with E-state index in [0.29, 0.717) is 11.3 Å². The summed E-state index contributed by atoms with van der Waals surface area (Å²) in [6.45, 7) is 6.19. The van der Waals surface area contributed by atoms with Crippen LogP contribution in [0.15, 0.2) is 18.2 Å².